The molecule has 1 aromatic heterocycles. The third-order valence-corrected chi connectivity index (χ3v) is 2.32. The van der Waals surface area contributed by atoms with Gasteiger partial charge in [0.25, 0.3) is 12.3 Å². The van der Waals surface area contributed by atoms with Crippen molar-refractivity contribution in [3.05, 3.63) is 28.0 Å². The maximum absolute atomic E-state index is 11.7. The third kappa shape index (κ3) is 5.12. The van der Waals surface area contributed by atoms with Gasteiger partial charge in [-0.15, -0.1) is 0 Å². The van der Waals surface area contributed by atoms with E-state index in [4.69, 9.17) is 23.2 Å². The van der Waals surface area contributed by atoms with Crippen LogP contribution in [0, 0.1) is 0 Å². The van der Waals surface area contributed by atoms with Gasteiger partial charge in [0.1, 0.15) is 17.5 Å². The topological polar surface area (TPSA) is 51.2 Å². The maximum Gasteiger partial charge on any atom is 0.271 e. The van der Waals surface area contributed by atoms with Gasteiger partial charge >= 0.3 is 0 Å². The number of aromatic nitrogens is 1. The maximum atomic E-state index is 11.7. The quantitative estimate of drug-likeness (QED) is 0.648. The largest absolute Gasteiger partial charge is 0.374 e. The van der Waals surface area contributed by atoms with Crippen LogP contribution in [-0.4, -0.2) is 37.1 Å². The van der Waals surface area contributed by atoms with Crippen LogP contribution in [0.4, 0.5) is 8.78 Å². The number of pyridine rings is 1. The fourth-order valence-electron chi connectivity index (χ4n) is 1.07. The number of amides is 1. The Morgan fingerprint density at radius 1 is 1.44 bits per heavy atom. The first-order chi connectivity index (χ1) is 8.50. The molecule has 0 saturated heterocycles. The molecule has 4 nitrogen and oxygen atoms in total. The average Bonchev–Trinajstić information content (AvgIpc) is 2.31. The first-order valence-corrected chi connectivity index (χ1v) is 5.72. The molecule has 0 bridgehead atoms. The second-order valence-electron chi connectivity index (χ2n) is 3.19. The van der Waals surface area contributed by atoms with Crippen molar-refractivity contribution in [2.24, 2.45) is 0 Å². The van der Waals surface area contributed by atoms with Gasteiger partial charge in [0.2, 0.25) is 0 Å². The second-order valence-corrected chi connectivity index (χ2v) is 3.98. The first kappa shape index (κ1) is 15.1. The molecular formula is C10H10Cl2F2N2O2. The van der Waals surface area contributed by atoms with E-state index in [-0.39, 0.29) is 29.0 Å². The van der Waals surface area contributed by atoms with E-state index in [0.717, 1.165) is 0 Å². The Morgan fingerprint density at radius 3 is 2.83 bits per heavy atom. The lowest BCUT2D eigenvalue weighted by Crippen LogP contribution is -2.28. The molecule has 1 rings (SSSR count). The van der Waals surface area contributed by atoms with E-state index in [1.165, 1.54) is 12.1 Å². The second kappa shape index (κ2) is 7.45. The molecule has 1 N–H and O–H groups in total. The van der Waals surface area contributed by atoms with Crippen molar-refractivity contribution in [1.29, 1.82) is 0 Å². The summed E-state index contributed by atoms with van der Waals surface area (Å²) in [6.07, 6.45) is -2.52. The van der Waals surface area contributed by atoms with Crippen molar-refractivity contribution in [2.45, 2.75) is 6.43 Å². The summed E-state index contributed by atoms with van der Waals surface area (Å²) in [5, 5.41) is 2.72. The number of alkyl halides is 2. The minimum atomic E-state index is -2.52. The number of carbonyl (C=O) groups excluding carboxylic acids is 1. The van der Waals surface area contributed by atoms with Gasteiger partial charge in [0.15, 0.2) is 0 Å². The molecular weight excluding hydrogens is 289 g/mol. The van der Waals surface area contributed by atoms with E-state index in [1.807, 2.05) is 0 Å². The number of rotatable bonds is 6. The summed E-state index contributed by atoms with van der Waals surface area (Å²) in [6, 6.07) is 2.89. The Kier molecular flexibility index (Phi) is 6.24. The number of hydrogen-bond donors (Lipinski definition) is 1. The van der Waals surface area contributed by atoms with Gasteiger partial charge in [0, 0.05) is 6.54 Å². The van der Waals surface area contributed by atoms with E-state index in [2.05, 4.69) is 15.0 Å². The highest BCUT2D eigenvalue weighted by atomic mass is 35.5. The number of halogens is 4. The molecule has 0 aliphatic rings. The molecule has 0 radical (unpaired) electrons. The van der Waals surface area contributed by atoms with Crippen molar-refractivity contribution < 1.29 is 18.3 Å². The number of carbonyl (C=O) groups is 1. The highest BCUT2D eigenvalue weighted by Gasteiger charge is 2.12. The Bertz CT molecular complexity index is 419. The van der Waals surface area contributed by atoms with E-state index in [0.29, 0.717) is 0 Å². The summed E-state index contributed by atoms with van der Waals surface area (Å²) in [4.78, 5) is 15.4. The monoisotopic (exact) mass is 298 g/mol. The van der Waals surface area contributed by atoms with Crippen LogP contribution in [0.2, 0.25) is 10.2 Å². The molecule has 0 saturated carbocycles. The van der Waals surface area contributed by atoms with Gasteiger partial charge in [0.05, 0.1) is 11.6 Å². The summed E-state index contributed by atoms with van der Waals surface area (Å²) in [5.41, 5.74) is -0.0157. The van der Waals surface area contributed by atoms with Crippen molar-refractivity contribution in [2.75, 3.05) is 19.8 Å². The minimum absolute atomic E-state index is 0.0157. The van der Waals surface area contributed by atoms with Crippen LogP contribution in [0.1, 0.15) is 10.5 Å². The molecule has 1 heterocycles. The highest BCUT2D eigenvalue weighted by molar-refractivity contribution is 6.34. The van der Waals surface area contributed by atoms with Gasteiger partial charge < -0.3 is 10.1 Å². The lowest BCUT2D eigenvalue weighted by atomic mass is 10.3. The molecule has 0 spiro atoms. The molecule has 1 amide bonds. The van der Waals surface area contributed by atoms with Crippen LogP contribution in [0.3, 0.4) is 0 Å². The SMILES string of the molecule is O=C(NCCOCC(F)F)c1nc(Cl)ccc1Cl. The van der Waals surface area contributed by atoms with E-state index in [9.17, 15) is 13.6 Å². The Balaban J connectivity index is 2.39. The number of nitrogens with one attached hydrogen (secondary N) is 1. The van der Waals surface area contributed by atoms with Crippen LogP contribution < -0.4 is 5.32 Å². The summed E-state index contributed by atoms with van der Waals surface area (Å²) in [5.74, 6) is -0.539. The molecule has 100 valence electrons. The minimum Gasteiger partial charge on any atom is -0.374 e. The summed E-state index contributed by atoms with van der Waals surface area (Å²) in [6.45, 7) is -0.601. The molecule has 0 aliphatic carbocycles. The van der Waals surface area contributed by atoms with Crippen molar-refractivity contribution in [3.63, 3.8) is 0 Å². The predicted molar refractivity (Wildman–Crippen MR) is 63.4 cm³/mol. The predicted octanol–water partition coefficient (Wildman–Crippen LogP) is 2.40. The Hall–Kier alpha value is -0.980. The summed E-state index contributed by atoms with van der Waals surface area (Å²) >= 11 is 11.4. The van der Waals surface area contributed by atoms with E-state index in [1.54, 1.807) is 0 Å². The highest BCUT2D eigenvalue weighted by Crippen LogP contribution is 2.16. The molecule has 0 fully saturated rings. The van der Waals surface area contributed by atoms with Crippen molar-refractivity contribution in [1.82, 2.24) is 10.3 Å². The summed E-state index contributed by atoms with van der Waals surface area (Å²) < 4.78 is 28.0. The van der Waals surface area contributed by atoms with Crippen molar-refractivity contribution in [3.8, 4) is 0 Å². The molecule has 0 aromatic carbocycles. The normalized spacial score (nSPS) is 10.7. The van der Waals surface area contributed by atoms with E-state index < -0.39 is 18.9 Å². The van der Waals surface area contributed by atoms with Gasteiger partial charge in [-0.2, -0.15) is 0 Å². The zero-order valence-electron chi connectivity index (χ0n) is 9.13. The number of nitrogens with zero attached hydrogens (tertiary/aromatic N) is 1. The number of ether oxygens (including phenoxy) is 1. The average molecular weight is 299 g/mol. The van der Waals surface area contributed by atoms with Crippen LogP contribution in [0.5, 0.6) is 0 Å². The first-order valence-electron chi connectivity index (χ1n) is 4.97. The van der Waals surface area contributed by atoms with Gasteiger partial charge in [-0.3, -0.25) is 4.79 Å². The molecule has 0 unspecified atom stereocenters. The zero-order valence-corrected chi connectivity index (χ0v) is 10.6. The molecule has 1 aromatic rings. The molecule has 18 heavy (non-hydrogen) atoms. The van der Waals surface area contributed by atoms with Crippen LogP contribution >= 0.6 is 23.2 Å². The van der Waals surface area contributed by atoms with Crippen LogP contribution in [-0.2, 0) is 4.74 Å². The zero-order chi connectivity index (χ0) is 13.5. The van der Waals surface area contributed by atoms with Gasteiger partial charge in [-0.1, -0.05) is 23.2 Å². The molecule has 8 heteroatoms. The Labute approximate surface area is 112 Å². The lowest BCUT2D eigenvalue weighted by Gasteiger charge is -2.07. The van der Waals surface area contributed by atoms with Gasteiger partial charge in [-0.05, 0) is 12.1 Å². The summed E-state index contributed by atoms with van der Waals surface area (Å²) in [7, 11) is 0. The molecule has 0 atom stereocenters. The lowest BCUT2D eigenvalue weighted by molar-refractivity contribution is 0.0188. The fraction of sp³-hybridized carbons (Fsp3) is 0.400. The smallest absolute Gasteiger partial charge is 0.271 e. The van der Waals surface area contributed by atoms with Crippen LogP contribution in [0.15, 0.2) is 12.1 Å². The van der Waals surface area contributed by atoms with Gasteiger partial charge in [-0.25, -0.2) is 13.8 Å². The third-order valence-electron chi connectivity index (χ3n) is 1.80. The fourth-order valence-corrected chi connectivity index (χ4v) is 1.41. The number of hydrogen-bond acceptors (Lipinski definition) is 3. The van der Waals surface area contributed by atoms with E-state index >= 15 is 0 Å². The molecule has 0 aliphatic heterocycles. The standard InChI is InChI=1S/C10H10Cl2F2N2O2/c11-6-1-2-7(12)16-9(6)10(17)15-3-4-18-5-8(13)14/h1-2,8H,3-5H2,(H,15,17). The van der Waals surface area contributed by atoms with Crippen LogP contribution in [0.25, 0.3) is 0 Å². The van der Waals surface area contributed by atoms with Crippen molar-refractivity contribution >= 4 is 29.1 Å². The Morgan fingerprint density at radius 2 is 2.17 bits per heavy atom.